The van der Waals surface area contributed by atoms with Crippen LogP contribution in [0.4, 0.5) is 0 Å². The van der Waals surface area contributed by atoms with E-state index < -0.39 is 23.9 Å². The van der Waals surface area contributed by atoms with Gasteiger partial charge in [-0.15, -0.1) is 0 Å². The fourth-order valence-electron chi connectivity index (χ4n) is 2.24. The molecule has 0 saturated heterocycles. The number of carbonyl (C=O) groups excluding carboxylic acids is 3. The summed E-state index contributed by atoms with van der Waals surface area (Å²) in [5, 5.41) is 14.8. The van der Waals surface area contributed by atoms with Crippen LogP contribution in [0.1, 0.15) is 26.7 Å². The van der Waals surface area contributed by atoms with Crippen molar-refractivity contribution in [1.82, 2.24) is 16.0 Å². The highest BCUT2D eigenvalue weighted by molar-refractivity contribution is 5.91. The number of Topliss-reactive ketones (excluding diaryl/α,β-unsaturated/α-hetero) is 1. The Balaban J connectivity index is 4.00. The van der Waals surface area contributed by atoms with Crippen molar-refractivity contribution < 1.29 is 28.6 Å². The summed E-state index contributed by atoms with van der Waals surface area (Å²) in [4.78, 5) is 35.8. The third-order valence-corrected chi connectivity index (χ3v) is 3.80. The Kier molecular flexibility index (Phi) is 16.2. The number of hydrogen-bond donors (Lipinski definition) is 6. The van der Waals surface area contributed by atoms with Gasteiger partial charge in [-0.2, -0.15) is 0 Å². The molecule has 0 unspecified atom stereocenters. The molecule has 0 heterocycles. The summed E-state index contributed by atoms with van der Waals surface area (Å²) in [6.45, 7) is 5.45. The predicted octanol–water partition coefficient (Wildman–Crippen LogP) is -2.16. The molecule has 0 rings (SSSR count). The van der Waals surface area contributed by atoms with Crippen molar-refractivity contribution in [3.05, 3.63) is 0 Å². The number of hydrogen-bond acceptors (Lipinski definition) is 8. The van der Waals surface area contributed by atoms with Gasteiger partial charge in [0, 0.05) is 13.1 Å². The van der Waals surface area contributed by atoms with Crippen LogP contribution in [0.25, 0.3) is 0 Å². The van der Waals surface area contributed by atoms with Gasteiger partial charge in [-0.05, 0) is 26.7 Å². The lowest BCUT2D eigenvalue weighted by molar-refractivity contribution is -0.132. The number of carbonyl (C=O) groups is 3. The molecule has 0 fully saturated rings. The molecule has 0 aromatic carbocycles. The number of amides is 2. The smallest absolute Gasteiger partial charge is 0.246 e. The number of nitrogens with one attached hydrogen (secondary N) is 4. The Bertz CT molecular complexity index is 533. The summed E-state index contributed by atoms with van der Waals surface area (Å²) in [6.07, 6.45) is 0.933. The number of rotatable bonds is 18. The molecule has 2 atom stereocenters. The van der Waals surface area contributed by atoms with Gasteiger partial charge in [0.1, 0.15) is 12.6 Å². The van der Waals surface area contributed by atoms with Gasteiger partial charge in [-0.25, -0.2) is 0 Å². The Labute approximate surface area is 177 Å². The SMILES string of the molecule is CC(=O)[C@H](CCCNC(=N)N)NC(=O)[C@H](C)NC(=O)COCCOCCOCCN. The highest BCUT2D eigenvalue weighted by Crippen LogP contribution is 1.99. The maximum atomic E-state index is 12.2. The largest absolute Gasteiger partial charge is 0.378 e. The summed E-state index contributed by atoms with van der Waals surface area (Å²) < 4.78 is 15.6. The maximum absolute atomic E-state index is 12.2. The molecular weight excluding hydrogens is 396 g/mol. The van der Waals surface area contributed by atoms with Crippen molar-refractivity contribution in [3.8, 4) is 0 Å². The molecule has 0 saturated carbocycles. The average Bonchev–Trinajstić information content (AvgIpc) is 2.68. The molecule has 174 valence electrons. The van der Waals surface area contributed by atoms with E-state index in [1.807, 2.05) is 0 Å². The number of guanidine groups is 1. The van der Waals surface area contributed by atoms with E-state index >= 15 is 0 Å². The van der Waals surface area contributed by atoms with E-state index in [9.17, 15) is 14.4 Å². The minimum atomic E-state index is -0.825. The fraction of sp³-hybridized carbons (Fsp3) is 0.778. The van der Waals surface area contributed by atoms with Crippen LogP contribution in [-0.2, 0) is 28.6 Å². The minimum absolute atomic E-state index is 0.153. The lowest BCUT2D eigenvalue weighted by Crippen LogP contribution is -2.50. The van der Waals surface area contributed by atoms with Gasteiger partial charge in [0.15, 0.2) is 11.7 Å². The second-order valence-electron chi connectivity index (χ2n) is 6.51. The van der Waals surface area contributed by atoms with Crippen molar-refractivity contribution in [2.75, 3.05) is 52.7 Å². The molecule has 0 aliphatic heterocycles. The van der Waals surface area contributed by atoms with Crippen LogP contribution < -0.4 is 27.4 Å². The monoisotopic (exact) mass is 432 g/mol. The standard InChI is InChI=1S/C18H36N6O6/c1-13(17(27)24-15(14(2)25)4-3-6-22-18(20)21)23-16(26)12-30-11-10-29-9-8-28-7-5-19/h13,15H,3-12,19H2,1-2H3,(H,23,26)(H,24,27)(H4,20,21,22)/t13-,15-/m0/s1. The lowest BCUT2D eigenvalue weighted by atomic mass is 10.1. The molecule has 0 bridgehead atoms. The molecule has 8 N–H and O–H groups in total. The molecule has 0 aromatic rings. The molecule has 2 amide bonds. The van der Waals surface area contributed by atoms with Crippen LogP contribution in [0.3, 0.4) is 0 Å². The Morgan fingerprint density at radius 3 is 2.17 bits per heavy atom. The van der Waals surface area contributed by atoms with E-state index in [0.717, 1.165) is 0 Å². The maximum Gasteiger partial charge on any atom is 0.246 e. The topological polar surface area (TPSA) is 191 Å². The molecule has 0 aliphatic rings. The quantitative estimate of drug-likeness (QED) is 0.0795. The molecule has 0 aliphatic carbocycles. The van der Waals surface area contributed by atoms with Crippen LogP contribution >= 0.6 is 0 Å². The molecule has 12 nitrogen and oxygen atoms in total. The van der Waals surface area contributed by atoms with E-state index in [2.05, 4.69) is 16.0 Å². The molecule has 0 radical (unpaired) electrons. The predicted molar refractivity (Wildman–Crippen MR) is 111 cm³/mol. The van der Waals surface area contributed by atoms with Gasteiger partial charge >= 0.3 is 0 Å². The number of ketones is 1. The molecule has 30 heavy (non-hydrogen) atoms. The first-order valence-electron chi connectivity index (χ1n) is 9.89. The van der Waals surface area contributed by atoms with Gasteiger partial charge in [-0.3, -0.25) is 19.8 Å². The van der Waals surface area contributed by atoms with Gasteiger partial charge in [-0.1, -0.05) is 0 Å². The summed E-state index contributed by atoms with van der Waals surface area (Å²) in [7, 11) is 0. The first kappa shape index (κ1) is 27.7. The van der Waals surface area contributed by atoms with Crippen molar-refractivity contribution in [1.29, 1.82) is 5.41 Å². The van der Waals surface area contributed by atoms with E-state index in [-0.39, 0.29) is 25.0 Å². The zero-order chi connectivity index (χ0) is 22.8. The van der Waals surface area contributed by atoms with Crippen LogP contribution in [0.2, 0.25) is 0 Å². The third-order valence-electron chi connectivity index (χ3n) is 3.80. The van der Waals surface area contributed by atoms with Crippen LogP contribution in [0, 0.1) is 5.41 Å². The third kappa shape index (κ3) is 15.6. The van der Waals surface area contributed by atoms with Gasteiger partial charge in [0.2, 0.25) is 11.8 Å². The minimum Gasteiger partial charge on any atom is -0.378 e. The molecule has 12 heteroatoms. The summed E-state index contributed by atoms with van der Waals surface area (Å²) in [5.41, 5.74) is 10.5. The van der Waals surface area contributed by atoms with Crippen molar-refractivity contribution in [3.63, 3.8) is 0 Å². The van der Waals surface area contributed by atoms with Crippen molar-refractivity contribution >= 4 is 23.6 Å². The Morgan fingerprint density at radius 2 is 1.60 bits per heavy atom. The number of ether oxygens (including phenoxy) is 3. The summed E-state index contributed by atoms with van der Waals surface area (Å²) >= 11 is 0. The molecular formula is C18H36N6O6. The van der Waals surface area contributed by atoms with Gasteiger partial charge in [0.25, 0.3) is 0 Å². The highest BCUT2D eigenvalue weighted by Gasteiger charge is 2.21. The van der Waals surface area contributed by atoms with Crippen molar-refractivity contribution in [2.45, 2.75) is 38.8 Å². The number of nitrogens with two attached hydrogens (primary N) is 2. The average molecular weight is 433 g/mol. The molecule has 0 aromatic heterocycles. The van der Waals surface area contributed by atoms with Gasteiger partial charge in [0.05, 0.1) is 39.1 Å². The van der Waals surface area contributed by atoms with Crippen LogP contribution in [0.5, 0.6) is 0 Å². The molecule has 0 spiro atoms. The zero-order valence-electron chi connectivity index (χ0n) is 17.8. The zero-order valence-corrected chi connectivity index (χ0v) is 17.8. The lowest BCUT2D eigenvalue weighted by Gasteiger charge is -2.20. The summed E-state index contributed by atoms with van der Waals surface area (Å²) in [6, 6.07) is -1.50. The Hall–Kier alpha value is -2.28. The second-order valence-corrected chi connectivity index (χ2v) is 6.51. The van der Waals surface area contributed by atoms with Crippen LogP contribution in [0.15, 0.2) is 0 Å². The fourth-order valence-corrected chi connectivity index (χ4v) is 2.24. The highest BCUT2D eigenvalue weighted by atomic mass is 16.5. The Morgan fingerprint density at radius 1 is 1.00 bits per heavy atom. The van der Waals surface area contributed by atoms with Gasteiger partial charge < -0.3 is 41.6 Å². The van der Waals surface area contributed by atoms with E-state index in [1.54, 1.807) is 0 Å². The van der Waals surface area contributed by atoms with Crippen LogP contribution in [-0.4, -0.2) is 88.4 Å². The van der Waals surface area contributed by atoms with E-state index in [1.165, 1.54) is 13.8 Å². The summed E-state index contributed by atoms with van der Waals surface area (Å²) in [5.74, 6) is -1.26. The second kappa shape index (κ2) is 17.6. The first-order valence-corrected chi connectivity index (χ1v) is 9.89. The normalized spacial score (nSPS) is 12.6. The van der Waals surface area contributed by atoms with Crippen molar-refractivity contribution in [2.24, 2.45) is 11.5 Å². The first-order chi connectivity index (χ1) is 14.3. The van der Waals surface area contributed by atoms with E-state index in [4.69, 9.17) is 31.1 Å². The van der Waals surface area contributed by atoms with E-state index in [0.29, 0.717) is 52.4 Å².